The van der Waals surface area contributed by atoms with Crippen LogP contribution in [-0.4, -0.2) is 26.3 Å². The van der Waals surface area contributed by atoms with Crippen LogP contribution < -0.4 is 11.1 Å². The molecule has 0 aliphatic carbocycles. The van der Waals surface area contributed by atoms with E-state index < -0.39 is 9.84 Å². The first-order valence-corrected chi connectivity index (χ1v) is 8.71. The Morgan fingerprint density at radius 3 is 2.20 bits per heavy atom. The van der Waals surface area contributed by atoms with Crippen LogP contribution in [0.25, 0.3) is 0 Å². The molecular weight excluding hydrogens is 272 g/mol. The predicted molar refractivity (Wildman–Crippen MR) is 84.7 cm³/mol. The number of hydrogen-bond acceptors (Lipinski definition) is 4. The molecule has 5 heteroatoms. The van der Waals surface area contributed by atoms with Gasteiger partial charge in [0.25, 0.3) is 0 Å². The summed E-state index contributed by atoms with van der Waals surface area (Å²) in [5, 5.41) is 3.40. The molecule has 0 radical (unpaired) electrons. The lowest BCUT2D eigenvalue weighted by molar-refractivity contribution is 0.382. The highest BCUT2D eigenvalue weighted by Crippen LogP contribution is 2.23. The van der Waals surface area contributed by atoms with Crippen molar-refractivity contribution in [3.63, 3.8) is 0 Å². The van der Waals surface area contributed by atoms with Crippen LogP contribution in [0.4, 0.5) is 5.69 Å². The van der Waals surface area contributed by atoms with Gasteiger partial charge in [0.2, 0.25) is 0 Å². The number of hydrogen-bond donors (Lipinski definition) is 2. The minimum absolute atomic E-state index is 0.187. The third-order valence-electron chi connectivity index (χ3n) is 3.81. The van der Waals surface area contributed by atoms with Gasteiger partial charge in [-0.05, 0) is 43.5 Å². The first-order valence-electron chi connectivity index (χ1n) is 7.06. The van der Waals surface area contributed by atoms with Crippen molar-refractivity contribution in [2.75, 3.05) is 17.6 Å². The highest BCUT2D eigenvalue weighted by atomic mass is 32.2. The van der Waals surface area contributed by atoms with Crippen LogP contribution in [0.15, 0.2) is 29.2 Å². The summed E-state index contributed by atoms with van der Waals surface area (Å²) in [5.74, 6) is 0.558. The second-order valence-corrected chi connectivity index (χ2v) is 7.85. The average molecular weight is 298 g/mol. The zero-order chi connectivity index (χ0) is 15.4. The van der Waals surface area contributed by atoms with Crippen molar-refractivity contribution >= 4 is 15.5 Å². The molecule has 0 amide bonds. The largest absolute Gasteiger partial charge is 0.378 e. The zero-order valence-electron chi connectivity index (χ0n) is 12.8. The quantitative estimate of drug-likeness (QED) is 0.811. The number of rotatable bonds is 7. The van der Waals surface area contributed by atoms with Crippen molar-refractivity contribution in [3.05, 3.63) is 24.3 Å². The second-order valence-electron chi connectivity index (χ2n) is 5.74. The van der Waals surface area contributed by atoms with Crippen molar-refractivity contribution in [2.45, 2.75) is 44.6 Å². The smallest absolute Gasteiger partial charge is 0.178 e. The molecule has 0 saturated heterocycles. The lowest BCUT2D eigenvalue weighted by Crippen LogP contribution is -2.47. The second kappa shape index (κ2) is 6.59. The summed E-state index contributed by atoms with van der Waals surface area (Å²) in [6.07, 6.45) is 0.626. The van der Waals surface area contributed by atoms with Gasteiger partial charge in [0.05, 0.1) is 10.6 Å². The number of anilines is 1. The van der Waals surface area contributed by atoms with E-state index in [1.807, 2.05) is 6.92 Å². The SMILES string of the molecule is CCCS(=O)(=O)c1ccc(NC(C)(CN)C(C)C)cc1. The number of nitrogens with one attached hydrogen (secondary N) is 1. The van der Waals surface area contributed by atoms with Gasteiger partial charge in [-0.2, -0.15) is 0 Å². The Hall–Kier alpha value is -1.07. The van der Waals surface area contributed by atoms with Crippen LogP contribution in [0.3, 0.4) is 0 Å². The van der Waals surface area contributed by atoms with Gasteiger partial charge >= 0.3 is 0 Å². The van der Waals surface area contributed by atoms with Gasteiger partial charge in [-0.25, -0.2) is 8.42 Å². The zero-order valence-corrected chi connectivity index (χ0v) is 13.6. The summed E-state index contributed by atoms with van der Waals surface area (Å²) in [6.45, 7) is 8.67. The van der Waals surface area contributed by atoms with Gasteiger partial charge in [0.15, 0.2) is 9.84 Å². The van der Waals surface area contributed by atoms with Crippen molar-refractivity contribution < 1.29 is 8.42 Å². The van der Waals surface area contributed by atoms with Gasteiger partial charge in [-0.3, -0.25) is 0 Å². The van der Waals surface area contributed by atoms with E-state index in [4.69, 9.17) is 5.73 Å². The Morgan fingerprint density at radius 1 is 1.25 bits per heavy atom. The molecule has 0 bridgehead atoms. The Labute approximate surface area is 122 Å². The van der Waals surface area contributed by atoms with Crippen LogP contribution in [0.2, 0.25) is 0 Å². The predicted octanol–water partition coefficient (Wildman–Crippen LogP) is 2.66. The standard InChI is InChI=1S/C15H26N2O2S/c1-5-10-20(18,19)14-8-6-13(7-9-14)17-15(4,11-16)12(2)3/h6-9,12,17H,5,10-11,16H2,1-4H3. The molecule has 0 spiro atoms. The fourth-order valence-electron chi connectivity index (χ4n) is 1.89. The van der Waals surface area contributed by atoms with Gasteiger partial charge < -0.3 is 11.1 Å². The molecule has 0 fully saturated rings. The van der Waals surface area contributed by atoms with E-state index in [0.29, 0.717) is 23.8 Å². The Balaban J connectivity index is 2.93. The minimum atomic E-state index is -3.15. The van der Waals surface area contributed by atoms with E-state index >= 15 is 0 Å². The van der Waals surface area contributed by atoms with Crippen molar-refractivity contribution in [2.24, 2.45) is 11.7 Å². The molecule has 0 aromatic heterocycles. The first-order chi connectivity index (χ1) is 9.25. The minimum Gasteiger partial charge on any atom is -0.378 e. The van der Waals surface area contributed by atoms with E-state index in [1.165, 1.54) is 0 Å². The molecule has 1 atom stereocenters. The maximum atomic E-state index is 12.0. The summed E-state index contributed by atoms with van der Waals surface area (Å²) >= 11 is 0. The fraction of sp³-hybridized carbons (Fsp3) is 0.600. The maximum absolute atomic E-state index is 12.0. The van der Waals surface area contributed by atoms with Gasteiger partial charge in [0.1, 0.15) is 0 Å². The number of benzene rings is 1. The summed E-state index contributed by atoms with van der Waals surface area (Å²) in [5.41, 5.74) is 6.52. The highest BCUT2D eigenvalue weighted by Gasteiger charge is 2.26. The van der Waals surface area contributed by atoms with Crippen LogP contribution in [0, 0.1) is 5.92 Å². The van der Waals surface area contributed by atoms with Crippen LogP contribution in [0.1, 0.15) is 34.1 Å². The molecule has 1 rings (SSSR count). The van der Waals surface area contributed by atoms with E-state index in [-0.39, 0.29) is 11.3 Å². The highest BCUT2D eigenvalue weighted by molar-refractivity contribution is 7.91. The van der Waals surface area contributed by atoms with Gasteiger partial charge in [-0.1, -0.05) is 20.8 Å². The Kier molecular flexibility index (Phi) is 5.59. The Bertz CT molecular complexity index is 523. The molecule has 4 nitrogen and oxygen atoms in total. The van der Waals surface area contributed by atoms with Crippen molar-refractivity contribution in [3.8, 4) is 0 Å². The monoisotopic (exact) mass is 298 g/mol. The first kappa shape index (κ1) is 17.0. The van der Waals surface area contributed by atoms with Crippen molar-refractivity contribution in [1.29, 1.82) is 0 Å². The van der Waals surface area contributed by atoms with E-state index in [2.05, 4.69) is 26.1 Å². The molecular formula is C15H26N2O2S. The molecule has 1 aromatic carbocycles. The van der Waals surface area contributed by atoms with E-state index in [0.717, 1.165) is 5.69 Å². The van der Waals surface area contributed by atoms with Gasteiger partial charge in [-0.15, -0.1) is 0 Å². The van der Waals surface area contributed by atoms with Gasteiger partial charge in [0, 0.05) is 17.8 Å². The fourth-order valence-corrected chi connectivity index (χ4v) is 3.22. The van der Waals surface area contributed by atoms with Crippen LogP contribution >= 0.6 is 0 Å². The molecule has 0 saturated carbocycles. The number of sulfone groups is 1. The topological polar surface area (TPSA) is 72.2 Å². The van der Waals surface area contributed by atoms with Crippen LogP contribution in [0.5, 0.6) is 0 Å². The van der Waals surface area contributed by atoms with E-state index in [9.17, 15) is 8.42 Å². The molecule has 20 heavy (non-hydrogen) atoms. The summed E-state index contributed by atoms with van der Waals surface area (Å²) in [4.78, 5) is 0.379. The molecule has 0 aliphatic rings. The number of nitrogens with two attached hydrogens (primary N) is 1. The summed E-state index contributed by atoms with van der Waals surface area (Å²) in [7, 11) is -3.15. The summed E-state index contributed by atoms with van der Waals surface area (Å²) < 4.78 is 23.9. The van der Waals surface area contributed by atoms with Crippen molar-refractivity contribution in [1.82, 2.24) is 0 Å². The lowest BCUT2D eigenvalue weighted by Gasteiger charge is -2.34. The lowest BCUT2D eigenvalue weighted by atomic mass is 9.88. The molecule has 0 heterocycles. The third-order valence-corrected chi connectivity index (χ3v) is 5.75. The average Bonchev–Trinajstić information content (AvgIpc) is 2.39. The maximum Gasteiger partial charge on any atom is 0.178 e. The molecule has 114 valence electrons. The molecule has 3 N–H and O–H groups in total. The summed E-state index contributed by atoms with van der Waals surface area (Å²) in [6, 6.07) is 6.92. The van der Waals surface area contributed by atoms with Crippen LogP contribution in [-0.2, 0) is 9.84 Å². The molecule has 0 aliphatic heterocycles. The molecule has 1 unspecified atom stereocenters. The third kappa shape index (κ3) is 3.96. The van der Waals surface area contributed by atoms with E-state index in [1.54, 1.807) is 24.3 Å². The normalized spacial score (nSPS) is 15.1. The Morgan fingerprint density at radius 2 is 1.80 bits per heavy atom. The molecule has 1 aromatic rings.